The number of fused-ring (bicyclic) bond motifs is 1. The van der Waals surface area contributed by atoms with Gasteiger partial charge in [-0.3, -0.25) is 9.59 Å². The van der Waals surface area contributed by atoms with E-state index in [4.69, 9.17) is 23.2 Å². The first-order chi connectivity index (χ1) is 14.3. The summed E-state index contributed by atoms with van der Waals surface area (Å²) in [5.74, 6) is -2.24. The summed E-state index contributed by atoms with van der Waals surface area (Å²) < 4.78 is 4.66. The van der Waals surface area contributed by atoms with Crippen molar-refractivity contribution in [2.75, 3.05) is 12.4 Å². The zero-order valence-electron chi connectivity index (χ0n) is 15.7. The van der Waals surface area contributed by atoms with E-state index in [1.807, 2.05) is 6.07 Å². The maximum atomic E-state index is 12.2. The Hall–Kier alpha value is -3.29. The highest BCUT2D eigenvalue weighted by Gasteiger charge is 2.22. The molecule has 0 aliphatic heterocycles. The normalized spacial score (nSPS) is 11.0. The van der Waals surface area contributed by atoms with Gasteiger partial charge in [-0.05, 0) is 24.3 Å². The van der Waals surface area contributed by atoms with E-state index in [0.29, 0.717) is 22.2 Å². The van der Waals surface area contributed by atoms with Crippen LogP contribution < -0.4 is 5.32 Å². The highest BCUT2D eigenvalue weighted by molar-refractivity contribution is 6.41. The second-order valence-corrected chi connectivity index (χ2v) is 7.02. The number of carbonyl (C=O) groups is 3. The number of carbonyl (C=O) groups excluding carboxylic acids is 2. The number of aromatic carboxylic acids is 1. The molecule has 1 aromatic heterocycles. The Balaban J connectivity index is 2.06. The SMILES string of the molecule is COC(=O)Cc1c(Cl)cc2[nH]c(C(=O)O)c(C=CC(=O)Nc3ccccc3)c2c1Cl. The van der Waals surface area contributed by atoms with Gasteiger partial charge in [0.15, 0.2) is 0 Å². The number of para-hydroxylation sites is 1. The van der Waals surface area contributed by atoms with Crippen LogP contribution in [-0.4, -0.2) is 35.0 Å². The second kappa shape index (κ2) is 9.02. The summed E-state index contributed by atoms with van der Waals surface area (Å²) in [6, 6.07) is 10.3. The molecule has 0 saturated heterocycles. The number of hydrogen-bond acceptors (Lipinski definition) is 4. The van der Waals surface area contributed by atoms with E-state index in [2.05, 4.69) is 15.0 Å². The van der Waals surface area contributed by atoms with Crippen LogP contribution in [0.4, 0.5) is 5.69 Å². The largest absolute Gasteiger partial charge is 0.477 e. The molecule has 1 amide bonds. The minimum atomic E-state index is -1.24. The van der Waals surface area contributed by atoms with Crippen molar-refractivity contribution >= 4 is 63.7 Å². The van der Waals surface area contributed by atoms with Crippen molar-refractivity contribution in [3.63, 3.8) is 0 Å². The van der Waals surface area contributed by atoms with E-state index in [9.17, 15) is 19.5 Å². The summed E-state index contributed by atoms with van der Waals surface area (Å²) in [7, 11) is 1.24. The summed E-state index contributed by atoms with van der Waals surface area (Å²) in [4.78, 5) is 38.4. The number of carboxylic acids is 1. The first-order valence-electron chi connectivity index (χ1n) is 8.68. The molecule has 0 aliphatic rings. The molecule has 9 heteroatoms. The molecule has 30 heavy (non-hydrogen) atoms. The number of ether oxygens (including phenoxy) is 1. The van der Waals surface area contributed by atoms with Gasteiger partial charge in [0.2, 0.25) is 5.91 Å². The average molecular weight is 447 g/mol. The number of hydrogen-bond donors (Lipinski definition) is 3. The van der Waals surface area contributed by atoms with Crippen LogP contribution in [0, 0.1) is 0 Å². The zero-order valence-corrected chi connectivity index (χ0v) is 17.2. The van der Waals surface area contributed by atoms with E-state index in [-0.39, 0.29) is 27.7 Å². The van der Waals surface area contributed by atoms with Crippen LogP contribution in [0.25, 0.3) is 17.0 Å². The lowest BCUT2D eigenvalue weighted by atomic mass is 10.0. The van der Waals surface area contributed by atoms with Crippen molar-refractivity contribution in [3.8, 4) is 0 Å². The second-order valence-electron chi connectivity index (χ2n) is 6.23. The van der Waals surface area contributed by atoms with Gasteiger partial charge in [0.05, 0.1) is 18.6 Å². The monoisotopic (exact) mass is 446 g/mol. The van der Waals surface area contributed by atoms with Crippen molar-refractivity contribution in [3.05, 3.63) is 69.3 Å². The van der Waals surface area contributed by atoms with Gasteiger partial charge in [-0.1, -0.05) is 41.4 Å². The van der Waals surface area contributed by atoms with E-state index in [1.165, 1.54) is 25.3 Å². The van der Waals surface area contributed by atoms with E-state index in [0.717, 1.165) is 0 Å². The summed E-state index contributed by atoms with van der Waals surface area (Å²) in [6.45, 7) is 0. The number of amides is 1. The fraction of sp³-hybridized carbons (Fsp3) is 0.0952. The Kier molecular flexibility index (Phi) is 6.44. The van der Waals surface area contributed by atoms with Gasteiger partial charge in [-0.2, -0.15) is 0 Å². The number of anilines is 1. The van der Waals surface area contributed by atoms with Crippen LogP contribution in [0.1, 0.15) is 21.6 Å². The zero-order chi connectivity index (χ0) is 21.8. The quantitative estimate of drug-likeness (QED) is 0.380. The minimum absolute atomic E-state index is 0.106. The lowest BCUT2D eigenvalue weighted by molar-refractivity contribution is -0.139. The van der Waals surface area contributed by atoms with Crippen LogP contribution >= 0.6 is 23.2 Å². The molecule has 0 unspecified atom stereocenters. The standard InChI is InChI=1S/C21H16Cl2N2O5/c1-30-17(27)9-13-14(22)10-15-18(19(13)23)12(20(25-15)21(28)29)7-8-16(26)24-11-5-3-2-4-6-11/h2-8,10,25H,9H2,1H3,(H,24,26)(H,28,29). The summed E-state index contributed by atoms with van der Waals surface area (Å²) in [6.07, 6.45) is 2.37. The molecule has 0 saturated carbocycles. The van der Waals surface area contributed by atoms with Gasteiger partial charge < -0.3 is 20.1 Å². The topological polar surface area (TPSA) is 108 Å². The van der Waals surface area contributed by atoms with E-state index >= 15 is 0 Å². The van der Waals surface area contributed by atoms with Crippen LogP contribution in [0.5, 0.6) is 0 Å². The molecule has 0 spiro atoms. The Morgan fingerprint density at radius 2 is 1.90 bits per heavy atom. The minimum Gasteiger partial charge on any atom is -0.477 e. The van der Waals surface area contributed by atoms with Crippen LogP contribution in [0.15, 0.2) is 42.5 Å². The van der Waals surface area contributed by atoms with Crippen LogP contribution in [0.3, 0.4) is 0 Å². The molecule has 2 aromatic carbocycles. The maximum Gasteiger partial charge on any atom is 0.352 e. The maximum absolute atomic E-state index is 12.2. The number of methoxy groups -OCH3 is 1. The average Bonchev–Trinajstić information content (AvgIpc) is 3.08. The number of nitrogens with one attached hydrogen (secondary N) is 2. The Bertz CT molecular complexity index is 1170. The number of H-pyrrole nitrogens is 1. The number of halogens is 2. The fourth-order valence-corrected chi connectivity index (χ4v) is 3.62. The Morgan fingerprint density at radius 1 is 1.20 bits per heavy atom. The van der Waals surface area contributed by atoms with Crippen molar-refractivity contribution in [2.24, 2.45) is 0 Å². The number of benzene rings is 2. The molecule has 0 bridgehead atoms. The van der Waals surface area contributed by atoms with Crippen molar-refractivity contribution in [1.82, 2.24) is 4.98 Å². The van der Waals surface area contributed by atoms with Crippen molar-refractivity contribution in [1.29, 1.82) is 0 Å². The summed E-state index contributed by atoms with van der Waals surface area (Å²) in [5, 5.41) is 12.9. The molecule has 0 atom stereocenters. The number of aromatic amines is 1. The van der Waals surface area contributed by atoms with Gasteiger partial charge in [0.25, 0.3) is 0 Å². The third-order valence-electron chi connectivity index (χ3n) is 4.32. The predicted molar refractivity (Wildman–Crippen MR) is 115 cm³/mol. The van der Waals surface area contributed by atoms with Crippen LogP contribution in [0.2, 0.25) is 10.0 Å². The number of esters is 1. The van der Waals surface area contributed by atoms with Gasteiger partial charge in [-0.15, -0.1) is 0 Å². The molecule has 0 fully saturated rings. The molecule has 7 nitrogen and oxygen atoms in total. The smallest absolute Gasteiger partial charge is 0.352 e. The van der Waals surface area contributed by atoms with Crippen molar-refractivity contribution in [2.45, 2.75) is 6.42 Å². The fourth-order valence-electron chi connectivity index (χ4n) is 2.93. The molecule has 1 heterocycles. The molecule has 3 aromatic rings. The van der Waals surface area contributed by atoms with Gasteiger partial charge in [0, 0.05) is 38.8 Å². The number of aromatic nitrogens is 1. The van der Waals surface area contributed by atoms with Crippen LogP contribution in [-0.2, 0) is 20.7 Å². The molecule has 3 rings (SSSR count). The van der Waals surface area contributed by atoms with Gasteiger partial charge >= 0.3 is 11.9 Å². The van der Waals surface area contributed by atoms with E-state index in [1.54, 1.807) is 24.3 Å². The van der Waals surface area contributed by atoms with Crippen molar-refractivity contribution < 1.29 is 24.2 Å². The number of carboxylic acid groups (broad SMARTS) is 1. The first kappa shape index (κ1) is 21.4. The Morgan fingerprint density at radius 3 is 2.53 bits per heavy atom. The number of rotatable bonds is 6. The molecular weight excluding hydrogens is 431 g/mol. The molecule has 3 N–H and O–H groups in total. The molecule has 0 radical (unpaired) electrons. The molecular formula is C21H16Cl2N2O5. The highest BCUT2D eigenvalue weighted by atomic mass is 35.5. The highest BCUT2D eigenvalue weighted by Crippen LogP contribution is 2.37. The van der Waals surface area contributed by atoms with Gasteiger partial charge in [-0.25, -0.2) is 4.79 Å². The summed E-state index contributed by atoms with van der Waals surface area (Å²) in [5.41, 5.74) is 1.28. The first-order valence-corrected chi connectivity index (χ1v) is 9.44. The van der Waals surface area contributed by atoms with Gasteiger partial charge in [0.1, 0.15) is 5.69 Å². The lowest BCUT2D eigenvalue weighted by Gasteiger charge is -2.08. The Labute approximate surface area is 181 Å². The molecule has 154 valence electrons. The van der Waals surface area contributed by atoms with E-state index < -0.39 is 17.8 Å². The predicted octanol–water partition coefficient (Wildman–Crippen LogP) is 4.54. The third kappa shape index (κ3) is 4.48. The molecule has 0 aliphatic carbocycles. The lowest BCUT2D eigenvalue weighted by Crippen LogP contribution is -2.07. The third-order valence-corrected chi connectivity index (χ3v) is 5.07. The summed E-state index contributed by atoms with van der Waals surface area (Å²) >= 11 is 12.7.